The number of hydrogen-bond acceptors (Lipinski definition) is 1. The van der Waals surface area contributed by atoms with Crippen LogP contribution >= 0.6 is 0 Å². The van der Waals surface area contributed by atoms with Gasteiger partial charge in [-0.1, -0.05) is 12.2 Å². The van der Waals surface area contributed by atoms with Crippen molar-refractivity contribution in [3.05, 3.63) is 12.2 Å². The first-order valence-corrected chi connectivity index (χ1v) is 3.35. The molecule has 2 heteroatoms. The Morgan fingerprint density at radius 1 is 1.60 bits per heavy atom. The molecule has 0 saturated carbocycles. The minimum atomic E-state index is -0.745. The Morgan fingerprint density at radius 3 is 2.40 bits per heavy atom. The number of rotatable bonds is 3. The zero-order chi connectivity index (χ0) is 8.20. The van der Waals surface area contributed by atoms with Crippen LogP contribution in [0.15, 0.2) is 12.2 Å². The van der Waals surface area contributed by atoms with Gasteiger partial charge in [0.15, 0.2) is 0 Å². The van der Waals surface area contributed by atoms with Gasteiger partial charge in [-0.15, -0.1) is 0 Å². The Bertz CT molecular complexity index is 145. The van der Waals surface area contributed by atoms with Crippen molar-refractivity contribution < 1.29 is 9.90 Å². The smallest absolute Gasteiger partial charge is 0.309 e. The third-order valence-electron chi connectivity index (χ3n) is 1.44. The van der Waals surface area contributed by atoms with Gasteiger partial charge < -0.3 is 5.11 Å². The maximum atomic E-state index is 10.5. The average molecular weight is 142 g/mol. The fourth-order valence-corrected chi connectivity index (χ4v) is 0.500. The molecule has 0 rings (SSSR count). The first-order valence-electron chi connectivity index (χ1n) is 3.35. The molecule has 0 bridgehead atoms. The molecule has 0 aliphatic carbocycles. The summed E-state index contributed by atoms with van der Waals surface area (Å²) in [4.78, 5) is 10.5. The lowest BCUT2D eigenvalue weighted by Gasteiger charge is -2.15. The summed E-state index contributed by atoms with van der Waals surface area (Å²) in [6, 6.07) is 0. The van der Waals surface area contributed by atoms with Gasteiger partial charge in [-0.05, 0) is 27.2 Å². The zero-order valence-electron chi connectivity index (χ0n) is 6.72. The summed E-state index contributed by atoms with van der Waals surface area (Å²) in [6.45, 7) is 5.32. The van der Waals surface area contributed by atoms with E-state index in [9.17, 15) is 4.79 Å². The summed E-state index contributed by atoms with van der Waals surface area (Å²) in [7, 11) is 0. The predicted octanol–water partition coefficient (Wildman–Crippen LogP) is 2.06. The van der Waals surface area contributed by atoms with Crippen LogP contribution in [-0.2, 0) is 4.79 Å². The number of hydrogen-bond donors (Lipinski definition) is 1. The average Bonchev–Trinajstić information content (AvgIpc) is 1.84. The minimum Gasteiger partial charge on any atom is -0.481 e. The molecule has 58 valence electrons. The van der Waals surface area contributed by atoms with Gasteiger partial charge in [0.1, 0.15) is 0 Å². The van der Waals surface area contributed by atoms with Crippen LogP contribution in [-0.4, -0.2) is 11.1 Å². The summed E-state index contributed by atoms with van der Waals surface area (Å²) in [6.07, 6.45) is 4.33. The molecular weight excluding hydrogens is 128 g/mol. The summed E-state index contributed by atoms with van der Waals surface area (Å²) in [5, 5.41) is 8.63. The van der Waals surface area contributed by atoms with E-state index in [1.807, 2.05) is 19.1 Å². The van der Waals surface area contributed by atoms with Crippen molar-refractivity contribution >= 4 is 5.97 Å². The highest BCUT2D eigenvalue weighted by Gasteiger charge is 2.24. The van der Waals surface area contributed by atoms with Crippen molar-refractivity contribution in [2.75, 3.05) is 0 Å². The first kappa shape index (κ1) is 9.21. The van der Waals surface area contributed by atoms with Crippen LogP contribution in [0.1, 0.15) is 27.2 Å². The van der Waals surface area contributed by atoms with Crippen LogP contribution in [0.4, 0.5) is 0 Å². The highest BCUT2D eigenvalue weighted by molar-refractivity contribution is 5.73. The molecule has 0 spiro atoms. The Labute approximate surface area is 61.6 Å². The van der Waals surface area contributed by atoms with Crippen LogP contribution < -0.4 is 0 Å². The van der Waals surface area contributed by atoms with Gasteiger partial charge in [0.2, 0.25) is 0 Å². The van der Waals surface area contributed by atoms with Gasteiger partial charge in [0.05, 0.1) is 5.41 Å². The lowest BCUT2D eigenvalue weighted by molar-refractivity contribution is -0.146. The summed E-state index contributed by atoms with van der Waals surface area (Å²) < 4.78 is 0. The van der Waals surface area contributed by atoms with E-state index in [1.165, 1.54) is 0 Å². The Kier molecular flexibility index (Phi) is 3.13. The largest absolute Gasteiger partial charge is 0.481 e. The van der Waals surface area contributed by atoms with E-state index in [0.29, 0.717) is 6.42 Å². The molecule has 0 fully saturated rings. The number of carboxylic acid groups (broad SMARTS) is 1. The van der Waals surface area contributed by atoms with E-state index in [1.54, 1.807) is 13.8 Å². The number of carboxylic acids is 1. The van der Waals surface area contributed by atoms with Crippen molar-refractivity contribution in [3.8, 4) is 0 Å². The van der Waals surface area contributed by atoms with Gasteiger partial charge in [0.25, 0.3) is 0 Å². The molecule has 0 heterocycles. The molecule has 0 saturated heterocycles. The van der Waals surface area contributed by atoms with E-state index >= 15 is 0 Å². The molecule has 0 aromatic carbocycles. The Balaban J connectivity index is 3.99. The van der Waals surface area contributed by atoms with E-state index < -0.39 is 11.4 Å². The SMILES string of the molecule is CC=CCC(C)(C)C(=O)O. The molecule has 0 aliphatic rings. The zero-order valence-corrected chi connectivity index (χ0v) is 6.72. The van der Waals surface area contributed by atoms with E-state index in [0.717, 1.165) is 0 Å². The quantitative estimate of drug-likeness (QED) is 0.612. The fraction of sp³-hybridized carbons (Fsp3) is 0.625. The molecule has 0 radical (unpaired) electrons. The van der Waals surface area contributed by atoms with Crippen molar-refractivity contribution in [2.24, 2.45) is 5.41 Å². The van der Waals surface area contributed by atoms with E-state index in [4.69, 9.17) is 5.11 Å². The van der Waals surface area contributed by atoms with Crippen LogP contribution in [0.5, 0.6) is 0 Å². The van der Waals surface area contributed by atoms with E-state index in [-0.39, 0.29) is 0 Å². The maximum Gasteiger partial charge on any atom is 0.309 e. The third kappa shape index (κ3) is 2.67. The monoisotopic (exact) mass is 142 g/mol. The lowest BCUT2D eigenvalue weighted by atomic mass is 9.89. The topological polar surface area (TPSA) is 37.3 Å². The van der Waals surface area contributed by atoms with Gasteiger partial charge in [-0.2, -0.15) is 0 Å². The second-order valence-electron chi connectivity index (χ2n) is 2.96. The molecule has 2 nitrogen and oxygen atoms in total. The molecule has 0 atom stereocenters. The Morgan fingerprint density at radius 2 is 2.10 bits per heavy atom. The van der Waals surface area contributed by atoms with Gasteiger partial charge in [-0.25, -0.2) is 0 Å². The summed E-state index contributed by atoms with van der Waals surface area (Å²) >= 11 is 0. The lowest BCUT2D eigenvalue weighted by Crippen LogP contribution is -2.22. The molecular formula is C8H14O2. The van der Waals surface area contributed by atoms with Gasteiger partial charge in [0, 0.05) is 0 Å². The van der Waals surface area contributed by atoms with Gasteiger partial charge >= 0.3 is 5.97 Å². The molecule has 0 aromatic heterocycles. The van der Waals surface area contributed by atoms with Crippen LogP contribution in [0.3, 0.4) is 0 Å². The molecule has 0 aliphatic heterocycles. The van der Waals surface area contributed by atoms with Crippen molar-refractivity contribution in [2.45, 2.75) is 27.2 Å². The predicted molar refractivity (Wildman–Crippen MR) is 40.8 cm³/mol. The maximum absolute atomic E-state index is 10.5. The summed E-state index contributed by atoms with van der Waals surface area (Å²) in [5.74, 6) is -0.745. The normalized spacial score (nSPS) is 12.3. The van der Waals surface area contributed by atoms with Crippen molar-refractivity contribution in [1.29, 1.82) is 0 Å². The molecule has 1 N–H and O–H groups in total. The van der Waals surface area contributed by atoms with Crippen LogP contribution in [0.2, 0.25) is 0 Å². The molecule has 0 aromatic rings. The highest BCUT2D eigenvalue weighted by Crippen LogP contribution is 2.20. The summed E-state index contributed by atoms with van der Waals surface area (Å²) in [5.41, 5.74) is -0.619. The molecule has 0 amide bonds. The second kappa shape index (κ2) is 3.40. The molecule has 10 heavy (non-hydrogen) atoms. The Hall–Kier alpha value is -0.790. The standard InChI is InChI=1S/C8H14O2/c1-4-5-6-8(2,3)7(9)10/h4-5H,6H2,1-3H3,(H,9,10). The minimum absolute atomic E-state index is 0.596. The number of carbonyl (C=O) groups is 1. The fourth-order valence-electron chi connectivity index (χ4n) is 0.500. The number of aliphatic carboxylic acids is 1. The van der Waals surface area contributed by atoms with Gasteiger partial charge in [-0.3, -0.25) is 4.79 Å². The number of allylic oxidation sites excluding steroid dienone is 2. The van der Waals surface area contributed by atoms with Crippen molar-refractivity contribution in [3.63, 3.8) is 0 Å². The second-order valence-corrected chi connectivity index (χ2v) is 2.96. The highest BCUT2D eigenvalue weighted by atomic mass is 16.4. The third-order valence-corrected chi connectivity index (χ3v) is 1.44. The van der Waals surface area contributed by atoms with Crippen LogP contribution in [0.25, 0.3) is 0 Å². The first-order chi connectivity index (χ1) is 4.50. The molecule has 0 unspecified atom stereocenters. The van der Waals surface area contributed by atoms with Crippen LogP contribution in [0, 0.1) is 5.41 Å². The van der Waals surface area contributed by atoms with Crippen molar-refractivity contribution in [1.82, 2.24) is 0 Å². The van der Waals surface area contributed by atoms with E-state index in [2.05, 4.69) is 0 Å².